The second-order valence-corrected chi connectivity index (χ2v) is 14.0. The molecule has 0 bridgehead atoms. The first kappa shape index (κ1) is 28.9. The summed E-state index contributed by atoms with van der Waals surface area (Å²) >= 11 is 3.73. The van der Waals surface area contributed by atoms with Crippen LogP contribution in [0.1, 0.15) is 29.7 Å². The zero-order valence-corrected chi connectivity index (χ0v) is 26.0. The van der Waals surface area contributed by atoms with Gasteiger partial charge >= 0.3 is 5.97 Å². The predicted octanol–water partition coefficient (Wildman–Crippen LogP) is 7.64. The Balaban J connectivity index is 1.49. The summed E-state index contributed by atoms with van der Waals surface area (Å²) in [5, 5.41) is 1.29. The molecule has 0 fully saturated rings. The van der Waals surface area contributed by atoms with Crippen LogP contribution in [-0.2, 0) is 19.6 Å². The van der Waals surface area contributed by atoms with Crippen molar-refractivity contribution in [2.45, 2.75) is 24.6 Å². The van der Waals surface area contributed by atoms with Gasteiger partial charge < -0.3 is 4.74 Å². The molecule has 5 nitrogen and oxygen atoms in total. The first-order valence-electron chi connectivity index (χ1n) is 14.0. The molecule has 0 saturated heterocycles. The molecule has 2 atom stereocenters. The summed E-state index contributed by atoms with van der Waals surface area (Å²) in [5.41, 5.74) is 1.30. The maximum absolute atomic E-state index is 15.6. The second-order valence-electron chi connectivity index (χ2n) is 10.5. The lowest BCUT2D eigenvalue weighted by atomic mass is 9.85. The lowest BCUT2D eigenvalue weighted by Gasteiger charge is -2.43. The Morgan fingerprint density at radius 1 is 0.744 bits per heavy atom. The van der Waals surface area contributed by atoms with E-state index in [1.807, 2.05) is 153 Å². The van der Waals surface area contributed by atoms with Crippen molar-refractivity contribution in [3.63, 3.8) is 0 Å². The highest BCUT2D eigenvalue weighted by Crippen LogP contribution is 2.57. The van der Waals surface area contributed by atoms with Crippen LogP contribution in [0, 0.1) is 0 Å². The zero-order chi connectivity index (χ0) is 29.9. The van der Waals surface area contributed by atoms with Crippen molar-refractivity contribution in [2.24, 2.45) is 4.99 Å². The van der Waals surface area contributed by atoms with Crippen molar-refractivity contribution in [3.8, 4) is 0 Å². The molecule has 5 aromatic carbocycles. The maximum atomic E-state index is 15.6. The van der Waals surface area contributed by atoms with Gasteiger partial charge in [0.15, 0.2) is 12.1 Å². The van der Waals surface area contributed by atoms with E-state index >= 15 is 4.57 Å². The number of ether oxygens (including phenoxy) is 1. The highest BCUT2D eigenvalue weighted by molar-refractivity contribution is 9.10. The number of benzene rings is 5. The summed E-state index contributed by atoms with van der Waals surface area (Å²) in [6.07, 6.45) is 0.935. The summed E-state index contributed by atoms with van der Waals surface area (Å²) in [7, 11) is -3.55. The number of hydrogen-bond acceptors (Lipinski definition) is 4. The number of carbonyl (C=O) groups is 1. The summed E-state index contributed by atoms with van der Waals surface area (Å²) < 4.78 is 24.5. The minimum absolute atomic E-state index is 0.512. The van der Waals surface area contributed by atoms with Crippen molar-refractivity contribution < 1.29 is 14.1 Å². The molecule has 0 N–H and O–H groups in total. The molecule has 1 aliphatic heterocycles. The number of aliphatic imine (C=N–C) groups is 1. The Bertz CT molecular complexity index is 1700. The molecule has 0 amide bonds. The lowest BCUT2D eigenvalue weighted by Crippen LogP contribution is -2.51. The molecule has 6 rings (SSSR count). The van der Waals surface area contributed by atoms with Crippen LogP contribution >= 0.6 is 23.2 Å². The third-order valence-electron chi connectivity index (χ3n) is 7.93. The van der Waals surface area contributed by atoms with E-state index in [9.17, 15) is 4.79 Å². The van der Waals surface area contributed by atoms with Crippen LogP contribution in [0.3, 0.4) is 0 Å². The standard InChI is InChI=1S/C36H30BrN2O3P/c1-36(31-24-14-15-25-32(31)37)34(35(40)42-33(27-16-6-2-7-17-27)28-18-8-3-9-19-28)38-26-39(36)43(41,29-20-10-4-11-21-29)30-22-12-5-13-23-30/h2-26,33-34H,1H3/t34-,36-/m0/s1. The second kappa shape index (κ2) is 12.2. The third-order valence-corrected chi connectivity index (χ3v) is 11.7. The molecule has 43 heavy (non-hydrogen) atoms. The van der Waals surface area contributed by atoms with Gasteiger partial charge in [0.25, 0.3) is 0 Å². The zero-order valence-electron chi connectivity index (χ0n) is 23.5. The van der Waals surface area contributed by atoms with Crippen molar-refractivity contribution in [1.29, 1.82) is 0 Å². The molecular weight excluding hydrogens is 619 g/mol. The first-order chi connectivity index (χ1) is 20.9. The molecule has 0 aliphatic carbocycles. The van der Waals surface area contributed by atoms with E-state index in [4.69, 9.17) is 9.73 Å². The molecule has 5 aromatic rings. The van der Waals surface area contributed by atoms with E-state index < -0.39 is 30.9 Å². The first-order valence-corrected chi connectivity index (χ1v) is 16.5. The van der Waals surface area contributed by atoms with Gasteiger partial charge in [-0.3, -0.25) is 14.2 Å². The van der Waals surface area contributed by atoms with Crippen molar-refractivity contribution >= 4 is 46.1 Å². The Morgan fingerprint density at radius 2 is 1.19 bits per heavy atom. The van der Waals surface area contributed by atoms with Crippen LogP contribution < -0.4 is 10.6 Å². The molecule has 0 saturated carbocycles. The van der Waals surface area contributed by atoms with Gasteiger partial charge in [-0.2, -0.15) is 0 Å². The average molecular weight is 650 g/mol. The van der Waals surface area contributed by atoms with Gasteiger partial charge in [0.05, 0.1) is 6.34 Å². The Labute approximate surface area is 260 Å². The van der Waals surface area contributed by atoms with Crippen LogP contribution in [0.4, 0.5) is 0 Å². The minimum Gasteiger partial charge on any atom is -0.451 e. The minimum atomic E-state index is -3.55. The number of rotatable bonds is 8. The largest absolute Gasteiger partial charge is 0.451 e. The molecular formula is C36H30BrN2O3P. The molecule has 0 aromatic heterocycles. The van der Waals surface area contributed by atoms with Gasteiger partial charge in [-0.25, -0.2) is 4.79 Å². The van der Waals surface area contributed by atoms with Gasteiger partial charge in [-0.05, 0) is 53.9 Å². The number of carbonyl (C=O) groups excluding carboxylic acids is 1. The van der Waals surface area contributed by atoms with Crippen LogP contribution in [0.5, 0.6) is 0 Å². The maximum Gasteiger partial charge on any atom is 0.334 e. The quantitative estimate of drug-likeness (QED) is 0.128. The van der Waals surface area contributed by atoms with Gasteiger partial charge in [0.2, 0.25) is 7.29 Å². The summed E-state index contributed by atoms with van der Waals surface area (Å²) in [5.74, 6) is -0.512. The number of nitrogens with zero attached hydrogens (tertiary/aromatic N) is 2. The van der Waals surface area contributed by atoms with Crippen LogP contribution in [-0.4, -0.2) is 23.0 Å². The van der Waals surface area contributed by atoms with Crippen molar-refractivity contribution in [1.82, 2.24) is 4.67 Å². The monoisotopic (exact) mass is 648 g/mol. The Hall–Kier alpha value is -4.25. The Kier molecular flexibility index (Phi) is 8.16. The van der Waals surface area contributed by atoms with E-state index in [0.717, 1.165) is 21.2 Å². The third kappa shape index (κ3) is 5.26. The fourth-order valence-electron chi connectivity index (χ4n) is 5.74. The summed E-state index contributed by atoms with van der Waals surface area (Å²) in [4.78, 5) is 19.2. The highest BCUT2D eigenvalue weighted by Gasteiger charge is 2.56. The molecule has 0 radical (unpaired) electrons. The van der Waals surface area contributed by atoms with Gasteiger partial charge in [0.1, 0.15) is 5.54 Å². The van der Waals surface area contributed by atoms with Crippen LogP contribution in [0.2, 0.25) is 0 Å². The molecule has 0 spiro atoms. The molecule has 1 heterocycles. The normalized spacial score (nSPS) is 18.1. The number of hydrogen-bond donors (Lipinski definition) is 0. The fraction of sp³-hybridized carbons (Fsp3) is 0.111. The van der Waals surface area contributed by atoms with E-state index in [-0.39, 0.29) is 0 Å². The van der Waals surface area contributed by atoms with Gasteiger partial charge in [0, 0.05) is 15.1 Å². The molecule has 7 heteroatoms. The SMILES string of the molecule is C[C@]1(c2ccccc2Br)[C@H](C(=O)OC(c2ccccc2)c2ccccc2)N=CN1P(=O)(c1ccccc1)c1ccccc1. The van der Waals surface area contributed by atoms with Crippen LogP contribution in [0.15, 0.2) is 155 Å². The molecule has 1 aliphatic rings. The van der Waals surface area contributed by atoms with Gasteiger partial charge in [-0.15, -0.1) is 0 Å². The van der Waals surface area contributed by atoms with E-state index in [0.29, 0.717) is 10.6 Å². The van der Waals surface area contributed by atoms with E-state index in [1.165, 1.54) is 0 Å². The molecule has 0 unspecified atom stereocenters. The van der Waals surface area contributed by atoms with Crippen molar-refractivity contribution in [3.05, 3.63) is 167 Å². The smallest absolute Gasteiger partial charge is 0.334 e. The highest BCUT2D eigenvalue weighted by atomic mass is 79.9. The number of halogens is 1. The van der Waals surface area contributed by atoms with E-state index in [1.54, 1.807) is 11.0 Å². The van der Waals surface area contributed by atoms with Gasteiger partial charge in [-0.1, -0.05) is 131 Å². The topological polar surface area (TPSA) is 59.0 Å². The predicted molar refractivity (Wildman–Crippen MR) is 176 cm³/mol. The molecule has 214 valence electrons. The summed E-state index contributed by atoms with van der Waals surface area (Å²) in [6, 6.07) is 44.8. The number of esters is 1. The average Bonchev–Trinajstić information content (AvgIpc) is 3.43. The van der Waals surface area contributed by atoms with Crippen LogP contribution in [0.25, 0.3) is 0 Å². The lowest BCUT2D eigenvalue weighted by molar-refractivity contribution is -0.151. The Morgan fingerprint density at radius 3 is 1.67 bits per heavy atom. The summed E-state index contributed by atoms with van der Waals surface area (Å²) in [6.45, 7) is 1.92. The fourth-order valence-corrected chi connectivity index (χ4v) is 9.38. The van der Waals surface area contributed by atoms with E-state index in [2.05, 4.69) is 15.9 Å². The van der Waals surface area contributed by atoms with Crippen molar-refractivity contribution in [2.75, 3.05) is 0 Å².